The quantitative estimate of drug-likeness (QED) is 0.765. The molecule has 0 saturated carbocycles. The lowest BCUT2D eigenvalue weighted by molar-refractivity contribution is -0.129. The molecule has 1 aliphatic heterocycles. The van der Waals surface area contributed by atoms with Gasteiger partial charge in [0, 0.05) is 38.9 Å². The number of sulfonamides is 1. The molecule has 2 aromatic rings. The second kappa shape index (κ2) is 8.70. The van der Waals surface area contributed by atoms with Gasteiger partial charge in [0.2, 0.25) is 15.9 Å². The number of carbonyl (C=O) groups is 1. The molecule has 0 N–H and O–H groups in total. The number of anilines is 1. The number of rotatable bonds is 5. The smallest absolute Gasteiger partial charge is 0.243 e. The van der Waals surface area contributed by atoms with Crippen molar-refractivity contribution in [2.45, 2.75) is 11.3 Å². The van der Waals surface area contributed by atoms with Crippen LogP contribution in [-0.4, -0.2) is 63.3 Å². The molecule has 0 aromatic heterocycles. The zero-order valence-corrected chi connectivity index (χ0v) is 16.6. The van der Waals surface area contributed by atoms with Gasteiger partial charge in [0.15, 0.2) is 0 Å². The minimum absolute atomic E-state index is 0.0348. The Morgan fingerprint density at radius 2 is 1.68 bits per heavy atom. The molecule has 2 aromatic carbocycles. The molecule has 0 spiro atoms. The Balaban J connectivity index is 1.62. The molecule has 1 amide bonds. The maximum atomic E-state index is 13.1. The van der Waals surface area contributed by atoms with Gasteiger partial charge in [0.1, 0.15) is 5.82 Å². The molecular weight excluding hydrogens is 381 g/mol. The number of benzene rings is 2. The predicted molar refractivity (Wildman–Crippen MR) is 106 cm³/mol. The highest BCUT2D eigenvalue weighted by molar-refractivity contribution is 7.89. The van der Waals surface area contributed by atoms with Crippen molar-refractivity contribution in [1.82, 2.24) is 9.21 Å². The zero-order chi connectivity index (χ0) is 20.1. The predicted octanol–water partition coefficient (Wildman–Crippen LogP) is 2.19. The van der Waals surface area contributed by atoms with Crippen LogP contribution in [0.2, 0.25) is 0 Å². The highest BCUT2D eigenvalue weighted by Gasteiger charge is 2.28. The van der Waals surface area contributed by atoms with Gasteiger partial charge in [0.25, 0.3) is 0 Å². The average molecular weight is 405 g/mol. The van der Waals surface area contributed by atoms with Gasteiger partial charge in [-0.25, -0.2) is 12.8 Å². The van der Waals surface area contributed by atoms with Crippen LogP contribution in [0, 0.1) is 5.82 Å². The molecule has 0 radical (unpaired) electrons. The summed E-state index contributed by atoms with van der Waals surface area (Å²) < 4.78 is 40.0. The first-order valence-electron chi connectivity index (χ1n) is 9.17. The maximum absolute atomic E-state index is 13.1. The molecule has 0 atom stereocenters. The topological polar surface area (TPSA) is 60.9 Å². The molecular formula is C20H24FN3O3S. The van der Waals surface area contributed by atoms with Gasteiger partial charge in [0.05, 0.1) is 11.4 Å². The van der Waals surface area contributed by atoms with Crippen molar-refractivity contribution in [3.05, 3.63) is 60.4 Å². The van der Waals surface area contributed by atoms with Crippen molar-refractivity contribution < 1.29 is 17.6 Å². The van der Waals surface area contributed by atoms with Crippen LogP contribution in [0.5, 0.6) is 0 Å². The van der Waals surface area contributed by atoms with Gasteiger partial charge in [-0.1, -0.05) is 18.2 Å². The summed E-state index contributed by atoms with van der Waals surface area (Å²) in [5.74, 6) is -0.512. The van der Waals surface area contributed by atoms with E-state index in [9.17, 15) is 17.6 Å². The number of nitrogens with zero attached hydrogens (tertiary/aromatic N) is 3. The lowest BCUT2D eigenvalue weighted by atomic mass is 10.3. The van der Waals surface area contributed by atoms with E-state index in [1.807, 2.05) is 42.3 Å². The lowest BCUT2D eigenvalue weighted by Crippen LogP contribution is -2.41. The van der Waals surface area contributed by atoms with E-state index >= 15 is 0 Å². The van der Waals surface area contributed by atoms with Crippen molar-refractivity contribution in [3.63, 3.8) is 0 Å². The van der Waals surface area contributed by atoms with Crippen molar-refractivity contribution in [3.8, 4) is 0 Å². The minimum Gasteiger partial charge on any atom is -0.365 e. The second-order valence-electron chi connectivity index (χ2n) is 6.78. The van der Waals surface area contributed by atoms with Gasteiger partial charge in [-0.2, -0.15) is 4.31 Å². The fourth-order valence-corrected chi connectivity index (χ4v) is 4.69. The summed E-state index contributed by atoms with van der Waals surface area (Å²) >= 11 is 0. The van der Waals surface area contributed by atoms with Crippen LogP contribution < -0.4 is 4.90 Å². The summed E-state index contributed by atoms with van der Waals surface area (Å²) in [6, 6.07) is 14.4. The number of hydrogen-bond acceptors (Lipinski definition) is 4. The molecule has 3 rings (SSSR count). The first kappa shape index (κ1) is 20.3. The van der Waals surface area contributed by atoms with Gasteiger partial charge in [-0.05, 0) is 42.8 Å². The number of carbonyl (C=O) groups excluding carboxylic acids is 1. The minimum atomic E-state index is -3.70. The summed E-state index contributed by atoms with van der Waals surface area (Å²) in [5, 5.41) is 0. The molecule has 1 fully saturated rings. The molecule has 6 nitrogen and oxygen atoms in total. The van der Waals surface area contributed by atoms with E-state index in [-0.39, 0.29) is 23.9 Å². The fourth-order valence-electron chi connectivity index (χ4n) is 3.22. The molecule has 0 bridgehead atoms. The third-order valence-electron chi connectivity index (χ3n) is 4.83. The highest BCUT2D eigenvalue weighted by Crippen LogP contribution is 2.18. The number of halogens is 1. The van der Waals surface area contributed by atoms with Crippen LogP contribution in [-0.2, 0) is 14.8 Å². The molecule has 1 saturated heterocycles. The average Bonchev–Trinajstić information content (AvgIpc) is 2.96. The van der Waals surface area contributed by atoms with E-state index in [1.165, 1.54) is 16.4 Å². The van der Waals surface area contributed by atoms with Gasteiger partial charge >= 0.3 is 0 Å². The Morgan fingerprint density at radius 1 is 1.00 bits per heavy atom. The molecule has 0 unspecified atom stereocenters. The molecule has 1 aliphatic rings. The van der Waals surface area contributed by atoms with E-state index in [0.717, 1.165) is 17.8 Å². The van der Waals surface area contributed by atoms with E-state index in [1.54, 1.807) is 4.90 Å². The van der Waals surface area contributed by atoms with Crippen LogP contribution in [0.4, 0.5) is 10.1 Å². The standard InChI is InChI=1S/C20H24FN3O3S/c1-22(18-6-3-2-4-7-18)16-20(25)23-12-5-13-24(15-14-23)28(26,27)19-10-8-17(21)9-11-19/h2-4,6-11H,5,12-16H2,1H3. The van der Waals surface area contributed by atoms with Crippen molar-refractivity contribution >= 4 is 21.6 Å². The molecule has 8 heteroatoms. The van der Waals surface area contributed by atoms with Crippen LogP contribution in [0.15, 0.2) is 59.5 Å². The lowest BCUT2D eigenvalue weighted by Gasteiger charge is -2.25. The van der Waals surface area contributed by atoms with Crippen molar-refractivity contribution in [1.29, 1.82) is 0 Å². The van der Waals surface area contributed by atoms with Crippen LogP contribution >= 0.6 is 0 Å². The normalized spacial score (nSPS) is 15.9. The van der Waals surface area contributed by atoms with Crippen LogP contribution in [0.3, 0.4) is 0 Å². The second-order valence-corrected chi connectivity index (χ2v) is 8.72. The summed E-state index contributed by atoms with van der Waals surface area (Å²) in [5.41, 5.74) is 0.950. The SMILES string of the molecule is CN(CC(=O)N1CCCN(S(=O)(=O)c2ccc(F)cc2)CC1)c1ccccc1. The summed E-state index contributed by atoms with van der Waals surface area (Å²) in [7, 11) is -1.84. The Bertz CT molecular complexity index is 904. The first-order chi connectivity index (χ1) is 13.4. The van der Waals surface area contributed by atoms with Crippen molar-refractivity contribution in [2.75, 3.05) is 44.7 Å². The third kappa shape index (κ3) is 4.69. The Morgan fingerprint density at radius 3 is 2.36 bits per heavy atom. The summed E-state index contributed by atoms with van der Waals surface area (Å²) in [6.45, 7) is 1.63. The number of amides is 1. The molecule has 1 heterocycles. The number of likely N-dealkylation sites (N-methyl/N-ethyl adjacent to an activating group) is 1. The van der Waals surface area contributed by atoms with Crippen LogP contribution in [0.25, 0.3) is 0 Å². The molecule has 0 aliphatic carbocycles. The van der Waals surface area contributed by atoms with E-state index in [2.05, 4.69) is 0 Å². The zero-order valence-electron chi connectivity index (χ0n) is 15.8. The van der Waals surface area contributed by atoms with Gasteiger partial charge in [-0.3, -0.25) is 4.79 Å². The maximum Gasteiger partial charge on any atom is 0.243 e. The third-order valence-corrected chi connectivity index (χ3v) is 6.74. The number of para-hydroxylation sites is 1. The molecule has 28 heavy (non-hydrogen) atoms. The Kier molecular flexibility index (Phi) is 6.31. The molecule has 150 valence electrons. The summed E-state index contributed by atoms with van der Waals surface area (Å²) in [4.78, 5) is 16.3. The highest BCUT2D eigenvalue weighted by atomic mass is 32.2. The van der Waals surface area contributed by atoms with E-state index < -0.39 is 15.8 Å². The van der Waals surface area contributed by atoms with Gasteiger partial charge < -0.3 is 9.80 Å². The largest absolute Gasteiger partial charge is 0.365 e. The first-order valence-corrected chi connectivity index (χ1v) is 10.6. The fraction of sp³-hybridized carbons (Fsp3) is 0.350. The monoisotopic (exact) mass is 405 g/mol. The Labute approximate surface area is 165 Å². The Hall–Kier alpha value is -2.45. The van der Waals surface area contributed by atoms with E-state index in [0.29, 0.717) is 26.1 Å². The van der Waals surface area contributed by atoms with Crippen LogP contribution in [0.1, 0.15) is 6.42 Å². The van der Waals surface area contributed by atoms with Gasteiger partial charge in [-0.15, -0.1) is 0 Å². The summed E-state index contributed by atoms with van der Waals surface area (Å²) in [6.07, 6.45) is 0.557. The van der Waals surface area contributed by atoms with E-state index in [4.69, 9.17) is 0 Å². The van der Waals surface area contributed by atoms with Crippen molar-refractivity contribution in [2.24, 2.45) is 0 Å². The number of hydrogen-bond donors (Lipinski definition) is 0.